The SMILES string of the molecule is Cc1ccccc1C(C)N(C)C1CN(C(=O)O)C1. The van der Waals surface area contributed by atoms with E-state index in [4.69, 9.17) is 5.11 Å². The summed E-state index contributed by atoms with van der Waals surface area (Å²) < 4.78 is 0. The van der Waals surface area contributed by atoms with E-state index in [1.807, 2.05) is 6.07 Å². The van der Waals surface area contributed by atoms with Crippen molar-refractivity contribution in [2.24, 2.45) is 0 Å². The summed E-state index contributed by atoms with van der Waals surface area (Å²) in [6.45, 7) is 5.51. The minimum absolute atomic E-state index is 0.312. The molecule has 1 aromatic rings. The maximum Gasteiger partial charge on any atom is 0.407 e. The molecule has 4 heteroatoms. The fraction of sp³-hybridized carbons (Fsp3) is 0.500. The first-order chi connectivity index (χ1) is 8.50. The molecule has 0 aromatic heterocycles. The van der Waals surface area contributed by atoms with Crippen LogP contribution in [0.15, 0.2) is 24.3 Å². The van der Waals surface area contributed by atoms with Crippen LogP contribution < -0.4 is 0 Å². The normalized spacial score (nSPS) is 17.7. The van der Waals surface area contributed by atoms with Gasteiger partial charge in [0.15, 0.2) is 0 Å². The highest BCUT2D eigenvalue weighted by atomic mass is 16.4. The molecule has 1 saturated heterocycles. The van der Waals surface area contributed by atoms with Crippen LogP contribution >= 0.6 is 0 Å². The Morgan fingerprint density at radius 3 is 2.61 bits per heavy atom. The Kier molecular flexibility index (Phi) is 3.57. The maximum atomic E-state index is 10.8. The zero-order valence-corrected chi connectivity index (χ0v) is 11.1. The average Bonchev–Trinajstić information content (AvgIpc) is 2.26. The number of likely N-dealkylation sites (N-methyl/N-ethyl adjacent to an activating group) is 1. The first-order valence-corrected chi connectivity index (χ1v) is 6.26. The summed E-state index contributed by atoms with van der Waals surface area (Å²) in [6.07, 6.45) is -0.816. The Morgan fingerprint density at radius 1 is 1.44 bits per heavy atom. The third-order valence-electron chi connectivity index (χ3n) is 3.96. The summed E-state index contributed by atoms with van der Waals surface area (Å²) in [7, 11) is 2.07. The van der Waals surface area contributed by atoms with Gasteiger partial charge in [-0.1, -0.05) is 24.3 Å². The van der Waals surface area contributed by atoms with E-state index in [0.29, 0.717) is 25.2 Å². The lowest BCUT2D eigenvalue weighted by Crippen LogP contribution is -2.60. The van der Waals surface area contributed by atoms with Gasteiger partial charge < -0.3 is 10.0 Å². The van der Waals surface area contributed by atoms with Crippen LogP contribution in [0, 0.1) is 6.92 Å². The number of hydrogen-bond acceptors (Lipinski definition) is 2. The summed E-state index contributed by atoms with van der Waals surface area (Å²) in [4.78, 5) is 14.5. The molecule has 1 unspecified atom stereocenters. The Morgan fingerprint density at radius 2 is 2.06 bits per heavy atom. The highest BCUT2D eigenvalue weighted by Crippen LogP contribution is 2.26. The number of likely N-dealkylation sites (tertiary alicyclic amines) is 1. The number of nitrogens with zero attached hydrogens (tertiary/aromatic N) is 2. The molecule has 0 radical (unpaired) electrons. The molecule has 1 aliphatic heterocycles. The summed E-state index contributed by atoms with van der Waals surface area (Å²) in [6, 6.07) is 8.99. The number of carbonyl (C=O) groups is 1. The van der Waals surface area contributed by atoms with E-state index in [1.54, 1.807) is 0 Å². The van der Waals surface area contributed by atoms with Gasteiger partial charge in [-0.25, -0.2) is 4.79 Å². The van der Waals surface area contributed by atoms with Crippen LogP contribution in [0.1, 0.15) is 24.1 Å². The number of benzene rings is 1. The number of amides is 1. The molecule has 0 saturated carbocycles. The van der Waals surface area contributed by atoms with Gasteiger partial charge in [0.1, 0.15) is 0 Å². The molecule has 0 bridgehead atoms. The van der Waals surface area contributed by atoms with E-state index in [1.165, 1.54) is 16.0 Å². The molecular weight excluding hydrogens is 228 g/mol. The van der Waals surface area contributed by atoms with Crippen molar-refractivity contribution in [3.63, 3.8) is 0 Å². The molecular formula is C14H20N2O2. The summed E-state index contributed by atoms with van der Waals surface area (Å²) in [5.74, 6) is 0. The van der Waals surface area contributed by atoms with Crippen LogP contribution in [-0.4, -0.2) is 47.2 Å². The van der Waals surface area contributed by atoms with E-state index >= 15 is 0 Å². The topological polar surface area (TPSA) is 43.8 Å². The fourth-order valence-electron chi connectivity index (χ4n) is 2.46. The van der Waals surface area contributed by atoms with Crippen molar-refractivity contribution >= 4 is 6.09 Å². The minimum atomic E-state index is -0.816. The molecule has 4 nitrogen and oxygen atoms in total. The second-order valence-corrected chi connectivity index (χ2v) is 5.04. The Labute approximate surface area is 108 Å². The Hall–Kier alpha value is -1.55. The first kappa shape index (κ1) is 12.9. The molecule has 1 aliphatic rings. The van der Waals surface area contributed by atoms with Crippen LogP contribution in [-0.2, 0) is 0 Å². The van der Waals surface area contributed by atoms with Crippen LogP contribution in [0.2, 0.25) is 0 Å². The van der Waals surface area contributed by atoms with Crippen LogP contribution in [0.4, 0.5) is 4.79 Å². The predicted molar refractivity (Wildman–Crippen MR) is 70.7 cm³/mol. The van der Waals surface area contributed by atoms with Gasteiger partial charge >= 0.3 is 6.09 Å². The van der Waals surface area contributed by atoms with Crippen molar-refractivity contribution in [1.29, 1.82) is 0 Å². The number of aryl methyl sites for hydroxylation is 1. The highest BCUT2D eigenvalue weighted by molar-refractivity contribution is 5.66. The Balaban J connectivity index is 2.00. The zero-order chi connectivity index (χ0) is 13.3. The van der Waals surface area contributed by atoms with Gasteiger partial charge in [0.05, 0.1) is 0 Å². The van der Waals surface area contributed by atoms with Gasteiger partial charge in [0.2, 0.25) is 0 Å². The average molecular weight is 248 g/mol. The lowest BCUT2D eigenvalue weighted by Gasteiger charge is -2.45. The van der Waals surface area contributed by atoms with E-state index in [0.717, 1.165) is 0 Å². The second kappa shape index (κ2) is 4.98. The number of rotatable bonds is 3. The van der Waals surface area contributed by atoms with Crippen molar-refractivity contribution in [3.8, 4) is 0 Å². The number of carboxylic acid groups (broad SMARTS) is 1. The molecule has 0 aliphatic carbocycles. The van der Waals surface area contributed by atoms with E-state index in [9.17, 15) is 4.79 Å². The van der Waals surface area contributed by atoms with Crippen LogP contribution in [0.5, 0.6) is 0 Å². The molecule has 0 spiro atoms. The maximum absolute atomic E-state index is 10.8. The largest absolute Gasteiger partial charge is 0.465 e. The van der Waals surface area contributed by atoms with Gasteiger partial charge in [0.25, 0.3) is 0 Å². The summed E-state index contributed by atoms with van der Waals surface area (Å²) in [5, 5.41) is 8.84. The van der Waals surface area contributed by atoms with Crippen molar-refractivity contribution < 1.29 is 9.90 Å². The van der Waals surface area contributed by atoms with Crippen molar-refractivity contribution in [3.05, 3.63) is 35.4 Å². The molecule has 1 fully saturated rings. The molecule has 1 aromatic carbocycles. The van der Waals surface area contributed by atoms with Gasteiger partial charge in [-0.3, -0.25) is 4.90 Å². The Bertz CT molecular complexity index is 441. The van der Waals surface area contributed by atoms with E-state index in [-0.39, 0.29) is 0 Å². The first-order valence-electron chi connectivity index (χ1n) is 6.26. The molecule has 2 rings (SSSR count). The zero-order valence-electron chi connectivity index (χ0n) is 11.1. The van der Waals surface area contributed by atoms with Crippen molar-refractivity contribution in [1.82, 2.24) is 9.80 Å². The summed E-state index contributed by atoms with van der Waals surface area (Å²) >= 11 is 0. The van der Waals surface area contributed by atoms with E-state index in [2.05, 4.69) is 44.0 Å². The van der Waals surface area contributed by atoms with E-state index < -0.39 is 6.09 Å². The molecule has 18 heavy (non-hydrogen) atoms. The second-order valence-electron chi connectivity index (χ2n) is 5.04. The third kappa shape index (κ3) is 2.34. The molecule has 98 valence electrons. The van der Waals surface area contributed by atoms with Gasteiger partial charge in [-0.05, 0) is 32.0 Å². The lowest BCUT2D eigenvalue weighted by atomic mass is 9.98. The van der Waals surface area contributed by atoms with Crippen LogP contribution in [0.3, 0.4) is 0 Å². The third-order valence-corrected chi connectivity index (χ3v) is 3.96. The van der Waals surface area contributed by atoms with Crippen molar-refractivity contribution in [2.45, 2.75) is 25.9 Å². The van der Waals surface area contributed by atoms with Gasteiger partial charge in [-0.15, -0.1) is 0 Å². The smallest absolute Gasteiger partial charge is 0.407 e. The highest BCUT2D eigenvalue weighted by Gasteiger charge is 2.35. The summed E-state index contributed by atoms with van der Waals surface area (Å²) in [5.41, 5.74) is 2.60. The standard InChI is InChI=1S/C14H20N2O2/c1-10-6-4-5-7-13(10)11(2)15(3)12-8-16(9-12)14(17)18/h4-7,11-12H,8-9H2,1-3H3,(H,17,18). The van der Waals surface area contributed by atoms with Crippen LogP contribution in [0.25, 0.3) is 0 Å². The molecule has 1 N–H and O–H groups in total. The minimum Gasteiger partial charge on any atom is -0.465 e. The van der Waals surface area contributed by atoms with Crippen molar-refractivity contribution in [2.75, 3.05) is 20.1 Å². The lowest BCUT2D eigenvalue weighted by molar-refractivity contribution is 0.0324. The number of hydrogen-bond donors (Lipinski definition) is 1. The van der Waals surface area contributed by atoms with Gasteiger partial charge in [-0.2, -0.15) is 0 Å². The molecule has 1 atom stereocenters. The predicted octanol–water partition coefficient (Wildman–Crippen LogP) is 2.35. The fourth-order valence-corrected chi connectivity index (χ4v) is 2.46. The monoisotopic (exact) mass is 248 g/mol. The quantitative estimate of drug-likeness (QED) is 0.893. The molecule has 1 heterocycles. The molecule has 1 amide bonds. The van der Waals surface area contributed by atoms with Gasteiger partial charge in [0, 0.05) is 25.2 Å².